The van der Waals surface area contributed by atoms with Gasteiger partial charge in [0, 0.05) is 6.26 Å². The summed E-state index contributed by atoms with van der Waals surface area (Å²) in [5.41, 5.74) is -0.0678. The van der Waals surface area contributed by atoms with Crippen molar-refractivity contribution in [3.8, 4) is 0 Å². The predicted octanol–water partition coefficient (Wildman–Crippen LogP) is 1.81. The van der Waals surface area contributed by atoms with E-state index >= 15 is 0 Å². The van der Waals surface area contributed by atoms with Gasteiger partial charge in [0.1, 0.15) is 16.8 Å². The minimum atomic E-state index is -3.39. The molecule has 6 nitrogen and oxygen atoms in total. The summed E-state index contributed by atoms with van der Waals surface area (Å²) in [5.74, 6) is -0.0305. The lowest BCUT2D eigenvalue weighted by molar-refractivity contribution is -0.149. The third-order valence-corrected chi connectivity index (χ3v) is 4.38. The molecule has 1 N–H and O–H groups in total. The molecule has 0 radical (unpaired) electrons. The second-order valence-corrected chi connectivity index (χ2v) is 7.34. The maximum absolute atomic E-state index is 12.0. The van der Waals surface area contributed by atoms with Gasteiger partial charge < -0.3 is 9.72 Å². The van der Waals surface area contributed by atoms with Crippen LogP contribution in [0.15, 0.2) is 23.1 Å². The first-order valence-corrected chi connectivity index (χ1v) is 8.43. The normalized spacial score (nSPS) is 12.6. The first-order valence-electron chi connectivity index (χ1n) is 6.54. The topological polar surface area (TPSA) is 89.1 Å². The molecule has 0 saturated carbocycles. The molecule has 0 aliphatic heterocycles. The Kier molecular flexibility index (Phi) is 3.79. The number of H-pyrrole nitrogens is 1. The van der Waals surface area contributed by atoms with Gasteiger partial charge in [-0.1, -0.05) is 6.07 Å². The number of aromatic nitrogens is 2. The predicted molar refractivity (Wildman–Crippen MR) is 78.9 cm³/mol. The van der Waals surface area contributed by atoms with Crippen molar-refractivity contribution in [2.45, 2.75) is 31.1 Å². The fourth-order valence-electron chi connectivity index (χ4n) is 2.01. The Morgan fingerprint density at radius 2 is 2.05 bits per heavy atom. The smallest absolute Gasteiger partial charge is 0.319 e. The second-order valence-electron chi connectivity index (χ2n) is 5.36. The lowest BCUT2D eigenvalue weighted by Crippen LogP contribution is -2.32. The van der Waals surface area contributed by atoms with Gasteiger partial charge in [0.25, 0.3) is 0 Å². The van der Waals surface area contributed by atoms with E-state index in [1.807, 2.05) is 0 Å². The van der Waals surface area contributed by atoms with E-state index in [4.69, 9.17) is 4.74 Å². The zero-order valence-corrected chi connectivity index (χ0v) is 13.2. The molecule has 2 aromatic rings. The number of fused-ring (bicyclic) bond motifs is 1. The van der Waals surface area contributed by atoms with Gasteiger partial charge in [-0.15, -0.1) is 0 Å². The summed E-state index contributed by atoms with van der Waals surface area (Å²) in [6, 6.07) is 4.86. The van der Waals surface area contributed by atoms with E-state index in [-0.39, 0.29) is 11.5 Å². The third kappa shape index (κ3) is 2.78. The van der Waals surface area contributed by atoms with E-state index < -0.39 is 21.2 Å². The van der Waals surface area contributed by atoms with Crippen LogP contribution in [-0.4, -0.2) is 37.2 Å². The summed E-state index contributed by atoms with van der Waals surface area (Å²) in [6.07, 6.45) is 1.13. The highest BCUT2D eigenvalue weighted by Gasteiger charge is 2.35. The number of carbonyl (C=O) groups is 1. The largest absolute Gasteiger partial charge is 0.465 e. The van der Waals surface area contributed by atoms with Crippen LogP contribution in [0.25, 0.3) is 11.0 Å². The molecule has 0 aliphatic rings. The first-order chi connectivity index (χ1) is 9.67. The number of rotatable bonds is 4. The lowest BCUT2D eigenvalue weighted by Gasteiger charge is -2.19. The Hall–Kier alpha value is -1.89. The lowest BCUT2D eigenvalue weighted by atomic mass is 9.93. The van der Waals surface area contributed by atoms with Crippen molar-refractivity contribution in [1.29, 1.82) is 0 Å². The zero-order valence-electron chi connectivity index (χ0n) is 12.4. The number of sulfone groups is 1. The van der Waals surface area contributed by atoms with Crippen LogP contribution in [0.4, 0.5) is 0 Å². The standard InChI is InChI=1S/C14H18N2O4S/c1-5-20-13(17)14(2,3)12-15-9-7-6-8-10(11(9)16-12)21(4,18)19/h6-8H,5H2,1-4H3,(H,15,16). The second kappa shape index (κ2) is 5.14. The van der Waals surface area contributed by atoms with E-state index in [2.05, 4.69) is 9.97 Å². The van der Waals surface area contributed by atoms with Crippen molar-refractivity contribution in [3.63, 3.8) is 0 Å². The minimum Gasteiger partial charge on any atom is -0.465 e. The molecule has 1 heterocycles. The summed E-state index contributed by atoms with van der Waals surface area (Å²) in [7, 11) is -3.39. The zero-order chi connectivity index (χ0) is 15.8. The Morgan fingerprint density at radius 1 is 1.38 bits per heavy atom. The van der Waals surface area contributed by atoms with Gasteiger partial charge in [0.2, 0.25) is 0 Å². The van der Waals surface area contributed by atoms with E-state index in [0.717, 1.165) is 6.26 Å². The number of nitrogens with zero attached hydrogens (tertiary/aromatic N) is 1. The van der Waals surface area contributed by atoms with Crippen LogP contribution < -0.4 is 0 Å². The highest BCUT2D eigenvalue weighted by molar-refractivity contribution is 7.91. The summed E-state index contributed by atoms with van der Waals surface area (Å²) in [5, 5.41) is 0. The van der Waals surface area contributed by atoms with Crippen LogP contribution in [0, 0.1) is 0 Å². The fraction of sp³-hybridized carbons (Fsp3) is 0.429. The van der Waals surface area contributed by atoms with Crippen LogP contribution in [0.2, 0.25) is 0 Å². The summed E-state index contributed by atoms with van der Waals surface area (Å²) < 4.78 is 28.6. The average molecular weight is 310 g/mol. The molecule has 0 unspecified atom stereocenters. The van der Waals surface area contributed by atoms with E-state index in [9.17, 15) is 13.2 Å². The fourth-order valence-corrected chi connectivity index (χ4v) is 2.84. The molecule has 0 amide bonds. The third-order valence-electron chi connectivity index (χ3n) is 3.25. The molecule has 114 valence electrons. The Labute approximate surface area is 123 Å². The van der Waals surface area contributed by atoms with E-state index in [0.29, 0.717) is 16.9 Å². The van der Waals surface area contributed by atoms with Crippen LogP contribution in [-0.2, 0) is 24.8 Å². The molecule has 2 rings (SSSR count). The van der Waals surface area contributed by atoms with Gasteiger partial charge in [0.15, 0.2) is 9.84 Å². The molecule has 0 saturated heterocycles. The van der Waals surface area contributed by atoms with Gasteiger partial charge in [-0.2, -0.15) is 0 Å². The van der Waals surface area contributed by atoms with Gasteiger partial charge >= 0.3 is 5.97 Å². The molecule has 0 spiro atoms. The number of benzene rings is 1. The summed E-state index contributed by atoms with van der Waals surface area (Å²) >= 11 is 0. The van der Waals surface area contributed by atoms with E-state index in [1.165, 1.54) is 6.07 Å². The van der Waals surface area contributed by atoms with Gasteiger partial charge in [-0.3, -0.25) is 4.79 Å². The monoisotopic (exact) mass is 310 g/mol. The molecule has 0 aliphatic carbocycles. The number of hydrogen-bond donors (Lipinski definition) is 1. The molecular formula is C14H18N2O4S. The van der Waals surface area contributed by atoms with Crippen molar-refractivity contribution in [2.75, 3.05) is 12.9 Å². The quantitative estimate of drug-likeness (QED) is 0.870. The molecule has 7 heteroatoms. The maximum atomic E-state index is 12.0. The van der Waals surface area contributed by atoms with Crippen LogP contribution in [0.3, 0.4) is 0 Å². The van der Waals surface area contributed by atoms with Crippen molar-refractivity contribution >= 4 is 26.8 Å². The van der Waals surface area contributed by atoms with Crippen molar-refractivity contribution in [3.05, 3.63) is 24.0 Å². The minimum absolute atomic E-state index is 0.141. The van der Waals surface area contributed by atoms with Crippen molar-refractivity contribution in [1.82, 2.24) is 9.97 Å². The van der Waals surface area contributed by atoms with Crippen LogP contribution >= 0.6 is 0 Å². The number of aromatic amines is 1. The molecular weight excluding hydrogens is 292 g/mol. The summed E-state index contributed by atoms with van der Waals surface area (Å²) in [4.78, 5) is 19.5. The Balaban J connectivity index is 2.61. The van der Waals surface area contributed by atoms with Gasteiger partial charge in [-0.05, 0) is 32.9 Å². The number of ether oxygens (including phenoxy) is 1. The SMILES string of the molecule is CCOC(=O)C(C)(C)c1nc2c(S(C)(=O)=O)cccc2[nH]1. The highest BCUT2D eigenvalue weighted by atomic mass is 32.2. The number of para-hydroxylation sites is 1. The molecule has 1 aromatic heterocycles. The number of hydrogen-bond acceptors (Lipinski definition) is 5. The first kappa shape index (κ1) is 15.5. The molecule has 0 atom stereocenters. The average Bonchev–Trinajstić information content (AvgIpc) is 2.81. The number of esters is 1. The molecule has 1 aromatic carbocycles. The van der Waals surface area contributed by atoms with Gasteiger partial charge in [-0.25, -0.2) is 13.4 Å². The van der Waals surface area contributed by atoms with Crippen LogP contribution in [0.5, 0.6) is 0 Å². The molecule has 0 bridgehead atoms. The number of carbonyl (C=O) groups excluding carboxylic acids is 1. The maximum Gasteiger partial charge on any atom is 0.319 e. The van der Waals surface area contributed by atoms with E-state index in [1.54, 1.807) is 32.9 Å². The Bertz CT molecular complexity index is 790. The van der Waals surface area contributed by atoms with Crippen molar-refractivity contribution < 1.29 is 17.9 Å². The Morgan fingerprint density at radius 3 is 2.62 bits per heavy atom. The van der Waals surface area contributed by atoms with Gasteiger partial charge in [0.05, 0.1) is 17.0 Å². The molecule has 0 fully saturated rings. The number of nitrogens with one attached hydrogen (secondary N) is 1. The number of imidazole rings is 1. The van der Waals surface area contributed by atoms with Crippen molar-refractivity contribution in [2.24, 2.45) is 0 Å². The highest BCUT2D eigenvalue weighted by Crippen LogP contribution is 2.27. The summed E-state index contributed by atoms with van der Waals surface area (Å²) in [6.45, 7) is 5.37. The van der Waals surface area contributed by atoms with Crippen LogP contribution in [0.1, 0.15) is 26.6 Å². The molecule has 21 heavy (non-hydrogen) atoms.